The zero-order valence-electron chi connectivity index (χ0n) is 9.69. The minimum Gasteiger partial charge on any atom is -0.224 e. The van der Waals surface area contributed by atoms with Crippen LogP contribution in [0.3, 0.4) is 0 Å². The predicted octanol–water partition coefficient (Wildman–Crippen LogP) is 1.78. The Morgan fingerprint density at radius 1 is 1.06 bits per heavy atom. The van der Waals surface area contributed by atoms with E-state index in [1.165, 1.54) is 6.07 Å². The Kier molecular flexibility index (Phi) is 3.91. The molecule has 7 heteroatoms. The van der Waals surface area contributed by atoms with Crippen molar-refractivity contribution in [3.05, 3.63) is 28.8 Å². The molecule has 96 valence electrons. The van der Waals surface area contributed by atoms with E-state index in [9.17, 15) is 16.8 Å². The highest BCUT2D eigenvalue weighted by Gasteiger charge is 2.18. The molecule has 0 bridgehead atoms. The average molecular weight is 297 g/mol. The summed E-state index contributed by atoms with van der Waals surface area (Å²) < 4.78 is 45.2. The molecule has 0 spiro atoms. The van der Waals surface area contributed by atoms with Gasteiger partial charge in [0, 0.05) is 16.9 Å². The quantitative estimate of drug-likeness (QED) is 0.797. The summed E-state index contributed by atoms with van der Waals surface area (Å²) in [5.74, 6) is -0.488. The summed E-state index contributed by atoms with van der Waals surface area (Å²) in [6.07, 6.45) is 1.04. The second-order valence-corrected chi connectivity index (χ2v) is 8.76. The van der Waals surface area contributed by atoms with Crippen molar-refractivity contribution in [2.24, 2.45) is 0 Å². The van der Waals surface area contributed by atoms with E-state index >= 15 is 0 Å². The molecule has 0 aromatic heterocycles. The van der Waals surface area contributed by atoms with Gasteiger partial charge in [0.2, 0.25) is 9.05 Å². The normalized spacial score (nSPS) is 12.7. The Morgan fingerprint density at radius 2 is 1.53 bits per heavy atom. The predicted molar refractivity (Wildman–Crippen MR) is 67.5 cm³/mol. The molecule has 0 saturated heterocycles. The Morgan fingerprint density at radius 3 is 1.94 bits per heavy atom. The zero-order chi connectivity index (χ0) is 13.4. The fourth-order valence-electron chi connectivity index (χ4n) is 1.49. The van der Waals surface area contributed by atoms with Crippen molar-refractivity contribution in [3.8, 4) is 0 Å². The molecule has 0 aliphatic carbocycles. The van der Waals surface area contributed by atoms with Crippen molar-refractivity contribution in [2.75, 3.05) is 6.26 Å². The molecule has 4 nitrogen and oxygen atoms in total. The van der Waals surface area contributed by atoms with E-state index < -0.39 is 24.6 Å². The molecule has 0 fully saturated rings. The largest absolute Gasteiger partial charge is 0.236 e. The second kappa shape index (κ2) is 4.59. The Labute approximate surface area is 106 Å². The van der Waals surface area contributed by atoms with Crippen LogP contribution in [0.15, 0.2) is 17.0 Å². The number of benzene rings is 1. The van der Waals surface area contributed by atoms with Gasteiger partial charge >= 0.3 is 0 Å². The maximum absolute atomic E-state index is 11.6. The van der Waals surface area contributed by atoms with Crippen molar-refractivity contribution in [2.45, 2.75) is 24.5 Å². The van der Waals surface area contributed by atoms with Gasteiger partial charge in [-0.15, -0.1) is 0 Å². The van der Waals surface area contributed by atoms with Gasteiger partial charge in [0.1, 0.15) is 0 Å². The molecule has 0 aliphatic rings. The molecule has 0 saturated carbocycles. The highest BCUT2D eigenvalue weighted by molar-refractivity contribution is 8.13. The Balaban J connectivity index is 3.53. The van der Waals surface area contributed by atoms with E-state index in [-0.39, 0.29) is 10.5 Å². The number of hydrogen-bond acceptors (Lipinski definition) is 4. The van der Waals surface area contributed by atoms with E-state index in [1.807, 2.05) is 0 Å². The van der Waals surface area contributed by atoms with Gasteiger partial charge in [-0.3, -0.25) is 0 Å². The fourth-order valence-corrected chi connectivity index (χ4v) is 3.55. The minimum atomic E-state index is -3.78. The molecular formula is C10H13ClO4S2. The Bertz CT molecular complexity index is 645. The fraction of sp³-hybridized carbons (Fsp3) is 0.400. The van der Waals surface area contributed by atoms with E-state index in [4.69, 9.17) is 10.7 Å². The molecule has 0 atom stereocenters. The molecule has 1 rings (SSSR count). The Hall–Kier alpha value is -0.590. The number of sulfone groups is 1. The van der Waals surface area contributed by atoms with Crippen molar-refractivity contribution >= 4 is 29.6 Å². The summed E-state index contributed by atoms with van der Waals surface area (Å²) in [4.78, 5) is 0.0184. The first-order valence-corrected chi connectivity index (χ1v) is 9.10. The minimum absolute atomic E-state index is 0.0184. The molecule has 1 aromatic rings. The number of rotatable bonds is 3. The van der Waals surface area contributed by atoms with Gasteiger partial charge in [-0.25, -0.2) is 16.8 Å². The lowest BCUT2D eigenvalue weighted by atomic mass is 10.1. The van der Waals surface area contributed by atoms with E-state index in [2.05, 4.69) is 0 Å². The molecule has 0 aliphatic heterocycles. The van der Waals surface area contributed by atoms with Crippen LogP contribution in [-0.4, -0.2) is 23.1 Å². The van der Waals surface area contributed by atoms with Gasteiger partial charge in [0.15, 0.2) is 9.84 Å². The first kappa shape index (κ1) is 14.5. The van der Waals surface area contributed by atoms with Crippen LogP contribution in [0.25, 0.3) is 0 Å². The van der Waals surface area contributed by atoms with Crippen molar-refractivity contribution < 1.29 is 16.8 Å². The first-order valence-electron chi connectivity index (χ1n) is 4.73. The van der Waals surface area contributed by atoms with Crippen LogP contribution in [0.5, 0.6) is 0 Å². The number of hydrogen-bond donors (Lipinski definition) is 0. The molecular weight excluding hydrogens is 284 g/mol. The van der Waals surface area contributed by atoms with Crippen LogP contribution < -0.4 is 0 Å². The summed E-state index contributed by atoms with van der Waals surface area (Å²) >= 11 is 0. The van der Waals surface area contributed by atoms with Crippen LogP contribution >= 0.6 is 10.7 Å². The molecule has 0 unspecified atom stereocenters. The van der Waals surface area contributed by atoms with Gasteiger partial charge in [0.25, 0.3) is 0 Å². The molecule has 0 heterocycles. The van der Waals surface area contributed by atoms with E-state index in [0.717, 1.165) is 17.4 Å². The molecule has 0 radical (unpaired) electrons. The van der Waals surface area contributed by atoms with Gasteiger partial charge in [0.05, 0.1) is 10.6 Å². The molecule has 1 aromatic carbocycles. The van der Waals surface area contributed by atoms with Crippen molar-refractivity contribution in [1.82, 2.24) is 0 Å². The van der Waals surface area contributed by atoms with Crippen LogP contribution in [-0.2, 0) is 24.6 Å². The van der Waals surface area contributed by atoms with Gasteiger partial charge in [-0.05, 0) is 36.6 Å². The third kappa shape index (κ3) is 3.97. The summed E-state index contributed by atoms with van der Waals surface area (Å²) in [6, 6.07) is 3.02. The number of halogens is 1. The standard InChI is InChI=1S/C10H13ClO4S2/c1-7-4-9(6-17(11,14)15)10(5-8(7)2)16(3,12)13/h4-5H,6H2,1-3H3. The highest BCUT2D eigenvalue weighted by atomic mass is 35.7. The molecule has 0 amide bonds. The van der Waals surface area contributed by atoms with Gasteiger partial charge in [-0.1, -0.05) is 6.07 Å². The summed E-state index contributed by atoms with van der Waals surface area (Å²) in [7, 11) is -2.09. The summed E-state index contributed by atoms with van der Waals surface area (Å²) in [5, 5.41) is 0. The maximum atomic E-state index is 11.6. The lowest BCUT2D eigenvalue weighted by molar-refractivity contribution is 0.600. The van der Waals surface area contributed by atoms with Gasteiger partial charge < -0.3 is 0 Å². The van der Waals surface area contributed by atoms with Crippen LogP contribution in [0.1, 0.15) is 16.7 Å². The first-order chi connectivity index (χ1) is 7.50. The van der Waals surface area contributed by atoms with Crippen LogP contribution in [0, 0.1) is 13.8 Å². The summed E-state index contributed by atoms with van der Waals surface area (Å²) in [5.41, 5.74) is 1.83. The van der Waals surface area contributed by atoms with E-state index in [1.54, 1.807) is 19.9 Å². The topological polar surface area (TPSA) is 68.3 Å². The second-order valence-electron chi connectivity index (χ2n) is 4.00. The van der Waals surface area contributed by atoms with Crippen molar-refractivity contribution in [1.29, 1.82) is 0 Å². The third-order valence-corrected chi connectivity index (χ3v) is 4.57. The molecule has 0 N–H and O–H groups in total. The summed E-state index contributed by atoms with van der Waals surface area (Å²) in [6.45, 7) is 3.55. The monoisotopic (exact) mass is 296 g/mol. The smallest absolute Gasteiger partial charge is 0.224 e. The maximum Gasteiger partial charge on any atom is 0.236 e. The lowest BCUT2D eigenvalue weighted by Crippen LogP contribution is -2.07. The highest BCUT2D eigenvalue weighted by Crippen LogP contribution is 2.23. The lowest BCUT2D eigenvalue weighted by Gasteiger charge is -2.10. The van der Waals surface area contributed by atoms with Crippen molar-refractivity contribution in [3.63, 3.8) is 0 Å². The third-order valence-electron chi connectivity index (χ3n) is 2.40. The molecule has 17 heavy (non-hydrogen) atoms. The van der Waals surface area contributed by atoms with Gasteiger partial charge in [-0.2, -0.15) is 0 Å². The van der Waals surface area contributed by atoms with E-state index in [0.29, 0.717) is 0 Å². The van der Waals surface area contributed by atoms with Crippen LogP contribution in [0.4, 0.5) is 0 Å². The SMILES string of the molecule is Cc1cc(CS(=O)(=O)Cl)c(S(C)(=O)=O)cc1C. The van der Waals surface area contributed by atoms with Crippen LogP contribution in [0.2, 0.25) is 0 Å². The number of aryl methyl sites for hydroxylation is 2. The zero-order valence-corrected chi connectivity index (χ0v) is 12.1. The average Bonchev–Trinajstić information content (AvgIpc) is 2.06.